The Bertz CT molecular complexity index is 1150. The minimum absolute atomic E-state index is 0.0311. The van der Waals surface area contributed by atoms with E-state index in [1.165, 1.54) is 23.9 Å². The van der Waals surface area contributed by atoms with Gasteiger partial charge in [0.2, 0.25) is 11.8 Å². The van der Waals surface area contributed by atoms with Crippen LogP contribution in [0, 0.1) is 13.8 Å². The van der Waals surface area contributed by atoms with Crippen LogP contribution in [0.2, 0.25) is 15.1 Å². The molecule has 0 bridgehead atoms. The number of aliphatic imine (C=N–C) groups is 1. The van der Waals surface area contributed by atoms with Crippen molar-refractivity contribution in [3.05, 3.63) is 56.5 Å². The highest BCUT2D eigenvalue weighted by atomic mass is 35.5. The number of thioether (sulfide) groups is 1. The Hall–Kier alpha value is -1.77. The van der Waals surface area contributed by atoms with E-state index < -0.39 is 5.25 Å². The number of halogens is 3. The molecule has 2 aromatic carbocycles. The number of amides is 2. The van der Waals surface area contributed by atoms with Crippen molar-refractivity contribution in [1.29, 1.82) is 0 Å². The first kappa shape index (κ1) is 25.3. The summed E-state index contributed by atoms with van der Waals surface area (Å²) in [6.07, 6.45) is 1.80. The van der Waals surface area contributed by atoms with Crippen LogP contribution in [0.5, 0.6) is 0 Å². The average molecular weight is 541 g/mol. The SMILES string of the molecule is Cc1ccc(N=C2S[C@H](CC(=O)Nc3cc(Cl)c(Cl)cc3Cl)C(=O)N2C[C@@H]2CCCO2)c(C)c1. The van der Waals surface area contributed by atoms with Gasteiger partial charge in [-0.15, -0.1) is 0 Å². The Morgan fingerprint density at radius 2 is 1.94 bits per heavy atom. The number of ether oxygens (including phenoxy) is 1. The molecule has 10 heteroatoms. The summed E-state index contributed by atoms with van der Waals surface area (Å²) in [5.74, 6) is -0.504. The summed E-state index contributed by atoms with van der Waals surface area (Å²) in [4.78, 5) is 32.5. The number of nitrogens with one attached hydrogen (secondary N) is 1. The van der Waals surface area contributed by atoms with E-state index in [9.17, 15) is 9.59 Å². The highest BCUT2D eigenvalue weighted by molar-refractivity contribution is 8.15. The van der Waals surface area contributed by atoms with Crippen LogP contribution in [0.25, 0.3) is 0 Å². The lowest BCUT2D eigenvalue weighted by atomic mass is 10.1. The molecule has 2 saturated heterocycles. The van der Waals surface area contributed by atoms with E-state index in [0.29, 0.717) is 29.0 Å². The number of carbonyl (C=O) groups excluding carboxylic acids is 2. The van der Waals surface area contributed by atoms with E-state index in [2.05, 4.69) is 11.4 Å². The smallest absolute Gasteiger partial charge is 0.242 e. The second kappa shape index (κ2) is 10.9. The van der Waals surface area contributed by atoms with E-state index in [4.69, 9.17) is 44.5 Å². The summed E-state index contributed by atoms with van der Waals surface area (Å²) >= 11 is 19.5. The molecule has 0 saturated carbocycles. The van der Waals surface area contributed by atoms with Crippen molar-refractivity contribution in [3.63, 3.8) is 0 Å². The van der Waals surface area contributed by atoms with Gasteiger partial charge in [-0.3, -0.25) is 14.5 Å². The molecule has 0 aliphatic carbocycles. The molecule has 180 valence electrons. The Kier molecular flexibility index (Phi) is 8.10. The van der Waals surface area contributed by atoms with Gasteiger partial charge in [0.1, 0.15) is 5.25 Å². The van der Waals surface area contributed by atoms with Crippen LogP contribution in [-0.2, 0) is 14.3 Å². The lowest BCUT2D eigenvalue weighted by Gasteiger charge is -2.20. The number of hydrogen-bond donors (Lipinski definition) is 1. The number of rotatable bonds is 6. The maximum absolute atomic E-state index is 13.3. The van der Waals surface area contributed by atoms with Crippen LogP contribution in [0.3, 0.4) is 0 Å². The lowest BCUT2D eigenvalue weighted by Crippen LogP contribution is -2.38. The van der Waals surface area contributed by atoms with Crippen LogP contribution in [0.15, 0.2) is 35.3 Å². The third-order valence-electron chi connectivity index (χ3n) is 5.65. The number of carbonyl (C=O) groups is 2. The van der Waals surface area contributed by atoms with Gasteiger partial charge < -0.3 is 10.1 Å². The van der Waals surface area contributed by atoms with Gasteiger partial charge in [0.15, 0.2) is 5.17 Å². The molecule has 6 nitrogen and oxygen atoms in total. The first-order valence-corrected chi connectivity index (χ1v) is 12.9. The van der Waals surface area contributed by atoms with Gasteiger partial charge in [-0.1, -0.05) is 64.3 Å². The second-order valence-corrected chi connectivity index (χ2v) is 10.8. The van der Waals surface area contributed by atoms with Crippen molar-refractivity contribution in [2.75, 3.05) is 18.5 Å². The predicted molar refractivity (Wildman–Crippen MR) is 140 cm³/mol. The zero-order chi connectivity index (χ0) is 24.4. The van der Waals surface area contributed by atoms with Crippen molar-refractivity contribution in [2.24, 2.45) is 4.99 Å². The lowest BCUT2D eigenvalue weighted by molar-refractivity contribution is -0.129. The number of aryl methyl sites for hydroxylation is 2. The van der Waals surface area contributed by atoms with Crippen LogP contribution in [0.1, 0.15) is 30.4 Å². The van der Waals surface area contributed by atoms with Gasteiger partial charge in [-0.05, 0) is 50.5 Å². The second-order valence-electron chi connectivity index (χ2n) is 8.37. The van der Waals surface area contributed by atoms with Crippen molar-refractivity contribution in [2.45, 2.75) is 44.5 Å². The van der Waals surface area contributed by atoms with Crippen molar-refractivity contribution in [1.82, 2.24) is 4.90 Å². The topological polar surface area (TPSA) is 71.0 Å². The zero-order valence-electron chi connectivity index (χ0n) is 18.7. The molecule has 0 aromatic heterocycles. The molecule has 2 aliphatic rings. The molecule has 0 radical (unpaired) electrons. The minimum Gasteiger partial charge on any atom is -0.376 e. The summed E-state index contributed by atoms with van der Waals surface area (Å²) in [5.41, 5.74) is 3.30. The van der Waals surface area contributed by atoms with Gasteiger partial charge in [0, 0.05) is 13.0 Å². The first-order valence-electron chi connectivity index (χ1n) is 10.9. The summed E-state index contributed by atoms with van der Waals surface area (Å²) in [6, 6.07) is 8.94. The predicted octanol–water partition coefficient (Wildman–Crippen LogP) is 6.40. The van der Waals surface area contributed by atoms with Gasteiger partial charge in [0.05, 0.1) is 39.1 Å². The first-order chi connectivity index (χ1) is 16.2. The van der Waals surface area contributed by atoms with Gasteiger partial charge in [0.25, 0.3) is 0 Å². The molecule has 34 heavy (non-hydrogen) atoms. The quantitative estimate of drug-likeness (QED) is 0.430. The summed E-state index contributed by atoms with van der Waals surface area (Å²) in [7, 11) is 0. The molecule has 1 N–H and O–H groups in total. The summed E-state index contributed by atoms with van der Waals surface area (Å²) in [6.45, 7) is 5.13. The average Bonchev–Trinajstić information content (AvgIpc) is 3.38. The number of hydrogen-bond acceptors (Lipinski definition) is 5. The number of amidine groups is 1. The molecule has 0 spiro atoms. The van der Waals surface area contributed by atoms with Crippen LogP contribution < -0.4 is 5.32 Å². The van der Waals surface area contributed by atoms with Gasteiger partial charge in [-0.2, -0.15) is 0 Å². The van der Waals surface area contributed by atoms with E-state index in [1.54, 1.807) is 4.90 Å². The highest BCUT2D eigenvalue weighted by Crippen LogP contribution is 2.35. The summed E-state index contributed by atoms with van der Waals surface area (Å²) in [5, 5.41) is 3.55. The molecule has 0 unspecified atom stereocenters. The van der Waals surface area contributed by atoms with Crippen LogP contribution in [-0.4, -0.2) is 46.4 Å². The van der Waals surface area contributed by atoms with Gasteiger partial charge in [-0.25, -0.2) is 4.99 Å². The maximum Gasteiger partial charge on any atom is 0.242 e. The molecule has 2 aromatic rings. The highest BCUT2D eigenvalue weighted by Gasteiger charge is 2.40. The molecule has 2 atom stereocenters. The van der Waals surface area contributed by atoms with Crippen molar-refractivity contribution in [3.8, 4) is 0 Å². The zero-order valence-corrected chi connectivity index (χ0v) is 21.8. The molecule has 2 aliphatic heterocycles. The Labute approximate surface area is 218 Å². The van der Waals surface area contributed by atoms with E-state index >= 15 is 0 Å². The fraction of sp³-hybridized carbons (Fsp3) is 0.375. The Morgan fingerprint density at radius 1 is 1.18 bits per heavy atom. The maximum atomic E-state index is 13.3. The van der Waals surface area contributed by atoms with E-state index in [1.807, 2.05) is 26.0 Å². The Balaban J connectivity index is 1.53. The number of anilines is 1. The van der Waals surface area contributed by atoms with Gasteiger partial charge >= 0.3 is 0 Å². The number of benzene rings is 2. The normalized spacial score (nSPS) is 21.5. The largest absolute Gasteiger partial charge is 0.376 e. The monoisotopic (exact) mass is 539 g/mol. The van der Waals surface area contributed by atoms with E-state index in [-0.39, 0.29) is 34.4 Å². The van der Waals surface area contributed by atoms with Crippen molar-refractivity contribution < 1.29 is 14.3 Å². The van der Waals surface area contributed by atoms with Crippen LogP contribution >= 0.6 is 46.6 Å². The molecule has 2 fully saturated rings. The fourth-order valence-corrected chi connectivity index (χ4v) is 5.66. The molecule has 4 rings (SSSR count). The summed E-state index contributed by atoms with van der Waals surface area (Å²) < 4.78 is 5.76. The Morgan fingerprint density at radius 3 is 2.65 bits per heavy atom. The van der Waals surface area contributed by atoms with E-state index in [0.717, 1.165) is 29.7 Å². The standard InChI is InChI=1S/C24H24Cl3N3O3S/c1-13-5-6-19(14(2)8-13)29-24-30(12-15-4-3-7-33-15)23(32)21(34-24)11-22(31)28-20-10-17(26)16(25)9-18(20)27/h5-6,8-10,15,21H,3-4,7,11-12H2,1-2H3,(H,28,31)/t15-,21+/m0/s1. The molecular weight excluding hydrogens is 517 g/mol. The molecular formula is C24H24Cl3N3O3S. The third kappa shape index (κ3) is 5.89. The minimum atomic E-state index is -0.604. The molecule has 2 heterocycles. The number of nitrogens with zero attached hydrogens (tertiary/aromatic N) is 2. The fourth-order valence-electron chi connectivity index (χ4n) is 3.91. The third-order valence-corrected chi connectivity index (χ3v) is 7.86. The molecule has 2 amide bonds. The van der Waals surface area contributed by atoms with Crippen molar-refractivity contribution >= 4 is 74.9 Å². The van der Waals surface area contributed by atoms with Crippen LogP contribution in [0.4, 0.5) is 11.4 Å².